The van der Waals surface area contributed by atoms with Crippen LogP contribution in [0.1, 0.15) is 18.1 Å². The van der Waals surface area contributed by atoms with Crippen LogP contribution in [0.5, 0.6) is 11.5 Å². The highest BCUT2D eigenvalue weighted by Gasteiger charge is 2.13. The van der Waals surface area contributed by atoms with E-state index in [1.807, 2.05) is 0 Å². The van der Waals surface area contributed by atoms with Gasteiger partial charge in [-0.05, 0) is 58.2 Å². The minimum Gasteiger partial charge on any atom is -0.493 e. The number of hydrogen-bond acceptors (Lipinski definition) is 6. The van der Waals surface area contributed by atoms with Crippen LogP contribution in [-0.4, -0.2) is 38.4 Å². The fourth-order valence-corrected chi connectivity index (χ4v) is 2.87. The second-order valence-corrected chi connectivity index (χ2v) is 6.58. The zero-order valence-electron chi connectivity index (χ0n) is 15.9. The normalized spacial score (nSPS) is 10.6. The molecule has 154 valence electrons. The summed E-state index contributed by atoms with van der Waals surface area (Å²) in [6.07, 6.45) is 1.51. The molecule has 0 aromatic heterocycles. The van der Waals surface area contributed by atoms with E-state index in [4.69, 9.17) is 14.2 Å². The first-order valence-corrected chi connectivity index (χ1v) is 9.44. The van der Waals surface area contributed by atoms with Gasteiger partial charge in [0.15, 0.2) is 18.1 Å². The van der Waals surface area contributed by atoms with Crippen molar-refractivity contribution >= 4 is 34.0 Å². The molecule has 0 saturated carbocycles. The number of halogens is 2. The van der Waals surface area contributed by atoms with E-state index in [-0.39, 0.29) is 31.4 Å². The Kier molecular flexibility index (Phi) is 8.60. The van der Waals surface area contributed by atoms with Crippen molar-refractivity contribution in [2.45, 2.75) is 13.3 Å². The first-order chi connectivity index (χ1) is 13.9. The number of carbonyl (C=O) groups is 2. The first-order valence-electron chi connectivity index (χ1n) is 8.65. The van der Waals surface area contributed by atoms with E-state index < -0.39 is 5.97 Å². The molecule has 0 aliphatic carbocycles. The van der Waals surface area contributed by atoms with Crippen LogP contribution in [0, 0.1) is 5.82 Å². The molecule has 0 radical (unpaired) electrons. The Morgan fingerprint density at radius 3 is 2.62 bits per heavy atom. The maximum absolute atomic E-state index is 12.9. The molecule has 0 bridgehead atoms. The molecule has 9 heteroatoms. The molecule has 1 N–H and O–H groups in total. The Morgan fingerprint density at radius 1 is 1.24 bits per heavy atom. The van der Waals surface area contributed by atoms with Gasteiger partial charge in [-0.3, -0.25) is 4.79 Å². The van der Waals surface area contributed by atoms with Gasteiger partial charge >= 0.3 is 5.97 Å². The molecule has 2 aromatic rings. The Bertz CT molecular complexity index is 887. The monoisotopic (exact) mass is 466 g/mol. The topological polar surface area (TPSA) is 86.2 Å². The van der Waals surface area contributed by atoms with Crippen molar-refractivity contribution in [1.82, 2.24) is 5.43 Å². The van der Waals surface area contributed by atoms with Gasteiger partial charge in [-0.25, -0.2) is 14.6 Å². The third-order valence-corrected chi connectivity index (χ3v) is 4.16. The van der Waals surface area contributed by atoms with Crippen LogP contribution >= 0.6 is 15.9 Å². The molecule has 0 unspecified atom stereocenters. The number of nitrogens with one attached hydrogen (secondary N) is 1. The van der Waals surface area contributed by atoms with Crippen molar-refractivity contribution in [3.8, 4) is 11.5 Å². The number of rotatable bonds is 9. The lowest BCUT2D eigenvalue weighted by Gasteiger charge is -2.13. The van der Waals surface area contributed by atoms with Gasteiger partial charge in [0, 0.05) is 0 Å². The minimum atomic E-state index is -0.490. The van der Waals surface area contributed by atoms with Crippen LogP contribution in [0.25, 0.3) is 0 Å². The number of nitrogens with zero attached hydrogens (tertiary/aromatic N) is 1. The van der Waals surface area contributed by atoms with Gasteiger partial charge in [0.2, 0.25) is 5.91 Å². The maximum atomic E-state index is 12.9. The lowest BCUT2D eigenvalue weighted by molar-refractivity contribution is -0.145. The number of methoxy groups -OCH3 is 1. The molecular weight excluding hydrogens is 447 g/mol. The van der Waals surface area contributed by atoms with Crippen LogP contribution in [0.3, 0.4) is 0 Å². The Balaban J connectivity index is 1.99. The van der Waals surface area contributed by atoms with Crippen molar-refractivity contribution in [3.63, 3.8) is 0 Å². The van der Waals surface area contributed by atoms with E-state index >= 15 is 0 Å². The summed E-state index contributed by atoms with van der Waals surface area (Å²) in [5, 5.41) is 3.91. The highest BCUT2D eigenvalue weighted by molar-refractivity contribution is 9.10. The molecule has 2 aromatic carbocycles. The van der Waals surface area contributed by atoms with E-state index in [0.29, 0.717) is 27.1 Å². The lowest BCUT2D eigenvalue weighted by atomic mass is 10.1. The zero-order valence-corrected chi connectivity index (χ0v) is 17.5. The van der Waals surface area contributed by atoms with Gasteiger partial charge in [-0.15, -0.1) is 0 Å². The summed E-state index contributed by atoms with van der Waals surface area (Å²) in [4.78, 5) is 23.4. The van der Waals surface area contributed by atoms with Crippen molar-refractivity contribution in [2.75, 3.05) is 20.3 Å². The van der Waals surface area contributed by atoms with Gasteiger partial charge in [0.05, 0.1) is 30.8 Å². The van der Waals surface area contributed by atoms with E-state index in [1.54, 1.807) is 19.1 Å². The van der Waals surface area contributed by atoms with Crippen molar-refractivity contribution in [3.05, 3.63) is 57.8 Å². The van der Waals surface area contributed by atoms with E-state index in [2.05, 4.69) is 26.5 Å². The van der Waals surface area contributed by atoms with Gasteiger partial charge in [-0.1, -0.05) is 12.1 Å². The molecule has 2 rings (SSSR count). The van der Waals surface area contributed by atoms with Gasteiger partial charge in [0.1, 0.15) is 5.82 Å². The van der Waals surface area contributed by atoms with Crippen LogP contribution < -0.4 is 14.9 Å². The zero-order chi connectivity index (χ0) is 21.2. The number of amides is 1. The number of esters is 1. The summed E-state index contributed by atoms with van der Waals surface area (Å²) in [7, 11) is 1.46. The summed E-state index contributed by atoms with van der Waals surface area (Å²) < 4.78 is 29.0. The second kappa shape index (κ2) is 11.2. The predicted molar refractivity (Wildman–Crippen MR) is 109 cm³/mol. The first kappa shape index (κ1) is 22.4. The van der Waals surface area contributed by atoms with Gasteiger partial charge < -0.3 is 14.2 Å². The molecule has 29 heavy (non-hydrogen) atoms. The van der Waals surface area contributed by atoms with Crippen LogP contribution in [-0.2, 0) is 20.7 Å². The molecule has 0 aliphatic rings. The van der Waals surface area contributed by atoms with E-state index in [0.717, 1.165) is 0 Å². The SMILES string of the molecule is CCOC(=O)COc1c(Br)cc(/C=N/NC(=O)Cc2ccc(F)cc2)cc1OC. The van der Waals surface area contributed by atoms with Crippen molar-refractivity contribution in [2.24, 2.45) is 5.10 Å². The highest BCUT2D eigenvalue weighted by atomic mass is 79.9. The number of benzene rings is 2. The summed E-state index contributed by atoms with van der Waals surface area (Å²) >= 11 is 3.36. The smallest absolute Gasteiger partial charge is 0.344 e. The Morgan fingerprint density at radius 2 is 1.97 bits per heavy atom. The fourth-order valence-electron chi connectivity index (χ4n) is 2.29. The van der Waals surface area contributed by atoms with Crippen LogP contribution in [0.4, 0.5) is 4.39 Å². The number of carbonyl (C=O) groups excluding carboxylic acids is 2. The van der Waals surface area contributed by atoms with Crippen molar-refractivity contribution < 1.29 is 28.2 Å². The number of hydrogen-bond donors (Lipinski definition) is 1. The third kappa shape index (κ3) is 7.19. The standard InChI is InChI=1S/C20H20BrFN2O5/c1-3-28-19(26)12-29-20-16(21)8-14(9-17(20)27-2)11-23-24-18(25)10-13-4-6-15(22)7-5-13/h4-9,11H,3,10,12H2,1-2H3,(H,24,25)/b23-11+. The molecule has 0 fully saturated rings. The van der Waals surface area contributed by atoms with Gasteiger partial charge in [-0.2, -0.15) is 5.10 Å². The molecule has 0 saturated heterocycles. The van der Waals surface area contributed by atoms with Crippen molar-refractivity contribution in [1.29, 1.82) is 0 Å². The quantitative estimate of drug-likeness (QED) is 0.348. The summed E-state index contributed by atoms with van der Waals surface area (Å²) in [6, 6.07) is 8.99. The average Bonchev–Trinajstić information content (AvgIpc) is 2.68. The fraction of sp³-hybridized carbons (Fsp3) is 0.250. The molecule has 0 aliphatic heterocycles. The molecule has 0 spiro atoms. The lowest BCUT2D eigenvalue weighted by Crippen LogP contribution is -2.19. The average molecular weight is 467 g/mol. The van der Waals surface area contributed by atoms with Gasteiger partial charge in [0.25, 0.3) is 0 Å². The molecule has 7 nitrogen and oxygen atoms in total. The third-order valence-electron chi connectivity index (χ3n) is 3.57. The molecular formula is C20H20BrFN2O5. The number of hydrazone groups is 1. The Hall–Kier alpha value is -2.94. The molecule has 0 heterocycles. The maximum Gasteiger partial charge on any atom is 0.344 e. The molecule has 0 atom stereocenters. The van der Waals surface area contributed by atoms with Crippen LogP contribution in [0.2, 0.25) is 0 Å². The van der Waals surface area contributed by atoms with Crippen LogP contribution in [0.15, 0.2) is 46.0 Å². The summed E-state index contributed by atoms with van der Waals surface area (Å²) in [5.74, 6) is -0.466. The van der Waals surface area contributed by atoms with E-state index in [1.165, 1.54) is 37.6 Å². The second-order valence-electron chi connectivity index (χ2n) is 5.72. The highest BCUT2D eigenvalue weighted by Crippen LogP contribution is 2.36. The predicted octanol–water partition coefficient (Wildman–Crippen LogP) is 3.23. The molecule has 1 amide bonds. The number of ether oxygens (including phenoxy) is 3. The minimum absolute atomic E-state index is 0.0747. The summed E-state index contributed by atoms with van der Waals surface area (Å²) in [5.41, 5.74) is 3.71. The summed E-state index contributed by atoms with van der Waals surface area (Å²) in [6.45, 7) is 1.72. The van der Waals surface area contributed by atoms with E-state index in [9.17, 15) is 14.0 Å². The largest absolute Gasteiger partial charge is 0.493 e. The Labute approximate surface area is 176 Å².